The van der Waals surface area contributed by atoms with Gasteiger partial charge in [0.15, 0.2) is 0 Å². The fourth-order valence-corrected chi connectivity index (χ4v) is 5.56. The fraction of sp³-hybridized carbons (Fsp3) is 0.538. The van der Waals surface area contributed by atoms with Gasteiger partial charge in [-0.05, 0) is 42.7 Å². The SMILES string of the molecule is C=C1C(CO)C2(CC)CCCN(/C=C/C(=O)OC)CCc3ccccc3N1C(O)(C(=O)OC)C2. The Bertz CT molecular complexity index is 947. The average molecular weight is 473 g/mol. The number of carbonyl (C=O) groups is 2. The molecule has 2 bridgehead atoms. The molecule has 1 fully saturated rings. The lowest BCUT2D eigenvalue weighted by atomic mass is 9.61. The van der Waals surface area contributed by atoms with Crippen LogP contribution in [0.25, 0.3) is 0 Å². The van der Waals surface area contributed by atoms with Gasteiger partial charge in [0.25, 0.3) is 0 Å². The minimum atomic E-state index is -1.94. The third-order valence-electron chi connectivity index (χ3n) is 7.44. The molecule has 8 heteroatoms. The number of carbonyl (C=O) groups excluding carboxylic acids is 2. The lowest BCUT2D eigenvalue weighted by Crippen LogP contribution is -2.64. The first kappa shape index (κ1) is 25.8. The van der Waals surface area contributed by atoms with Crippen molar-refractivity contribution in [1.29, 1.82) is 0 Å². The van der Waals surface area contributed by atoms with Crippen LogP contribution in [0.2, 0.25) is 0 Å². The molecule has 3 unspecified atom stereocenters. The third kappa shape index (κ3) is 4.70. The minimum Gasteiger partial charge on any atom is -0.466 e. The molecule has 3 atom stereocenters. The number of rotatable bonds is 5. The van der Waals surface area contributed by atoms with Crippen molar-refractivity contribution in [3.8, 4) is 0 Å². The predicted octanol–water partition coefficient (Wildman–Crippen LogP) is 2.60. The highest BCUT2D eigenvalue weighted by Crippen LogP contribution is 2.54. The molecule has 34 heavy (non-hydrogen) atoms. The van der Waals surface area contributed by atoms with Crippen molar-refractivity contribution in [2.24, 2.45) is 11.3 Å². The fourth-order valence-electron chi connectivity index (χ4n) is 5.56. The number of hydrogen-bond donors (Lipinski definition) is 2. The van der Waals surface area contributed by atoms with E-state index in [1.165, 1.54) is 20.3 Å². The van der Waals surface area contributed by atoms with Crippen molar-refractivity contribution in [2.75, 3.05) is 38.8 Å². The number of benzene rings is 1. The molecule has 3 aliphatic heterocycles. The van der Waals surface area contributed by atoms with Gasteiger partial charge in [-0.2, -0.15) is 0 Å². The van der Waals surface area contributed by atoms with Crippen LogP contribution >= 0.6 is 0 Å². The highest BCUT2D eigenvalue weighted by Gasteiger charge is 2.58. The average Bonchev–Trinajstić information content (AvgIpc) is 2.84. The summed E-state index contributed by atoms with van der Waals surface area (Å²) in [5, 5.41) is 22.4. The number of piperidine rings is 1. The van der Waals surface area contributed by atoms with Gasteiger partial charge >= 0.3 is 11.9 Å². The summed E-state index contributed by atoms with van der Waals surface area (Å²) in [4.78, 5) is 28.4. The van der Waals surface area contributed by atoms with E-state index in [9.17, 15) is 19.8 Å². The van der Waals surface area contributed by atoms with Gasteiger partial charge in [-0.1, -0.05) is 31.7 Å². The van der Waals surface area contributed by atoms with Crippen LogP contribution in [0.15, 0.2) is 48.8 Å². The van der Waals surface area contributed by atoms with Crippen LogP contribution in [-0.4, -0.2) is 66.7 Å². The molecule has 1 aromatic rings. The molecule has 0 amide bonds. The van der Waals surface area contributed by atoms with E-state index in [4.69, 9.17) is 9.47 Å². The molecule has 1 saturated heterocycles. The van der Waals surface area contributed by atoms with Gasteiger partial charge in [-0.15, -0.1) is 0 Å². The molecule has 4 rings (SSSR count). The second-order valence-electron chi connectivity index (χ2n) is 9.12. The maximum atomic E-state index is 13.1. The number of nitrogens with zero attached hydrogens (tertiary/aromatic N) is 2. The molecule has 0 aromatic heterocycles. The van der Waals surface area contributed by atoms with Gasteiger partial charge in [0.05, 0.1) is 20.8 Å². The van der Waals surface area contributed by atoms with E-state index in [0.29, 0.717) is 43.7 Å². The van der Waals surface area contributed by atoms with Crippen LogP contribution in [0.4, 0.5) is 5.69 Å². The Morgan fingerprint density at radius 1 is 1.24 bits per heavy atom. The van der Waals surface area contributed by atoms with Crippen LogP contribution < -0.4 is 4.90 Å². The number of esters is 2. The van der Waals surface area contributed by atoms with Gasteiger partial charge in [0.2, 0.25) is 5.72 Å². The van der Waals surface area contributed by atoms with Crippen molar-refractivity contribution in [1.82, 2.24) is 4.90 Å². The second kappa shape index (κ2) is 10.6. The molecule has 0 spiro atoms. The molecule has 2 N–H and O–H groups in total. The molecule has 3 aliphatic rings. The van der Waals surface area contributed by atoms with Crippen LogP contribution in [0, 0.1) is 11.3 Å². The van der Waals surface area contributed by atoms with Gasteiger partial charge in [-0.25, -0.2) is 9.59 Å². The van der Waals surface area contributed by atoms with Crippen molar-refractivity contribution < 1.29 is 29.3 Å². The smallest absolute Gasteiger partial charge is 0.359 e. The lowest BCUT2D eigenvalue weighted by molar-refractivity contribution is -0.171. The molecule has 0 aliphatic carbocycles. The number of fused-ring (bicyclic) bond motifs is 7. The van der Waals surface area contributed by atoms with Crippen LogP contribution in [0.1, 0.15) is 38.2 Å². The Balaban J connectivity index is 2.15. The number of ether oxygens (including phenoxy) is 2. The monoisotopic (exact) mass is 472 g/mol. The van der Waals surface area contributed by atoms with Crippen LogP contribution in [0.5, 0.6) is 0 Å². The first-order valence-corrected chi connectivity index (χ1v) is 11.7. The number of hydrogen-bond acceptors (Lipinski definition) is 8. The Morgan fingerprint density at radius 3 is 2.62 bits per heavy atom. The van der Waals surface area contributed by atoms with E-state index >= 15 is 0 Å². The van der Waals surface area contributed by atoms with E-state index in [1.807, 2.05) is 31.2 Å². The molecule has 0 saturated carbocycles. The topological polar surface area (TPSA) is 99.5 Å². The quantitative estimate of drug-likeness (QED) is 0.498. The summed E-state index contributed by atoms with van der Waals surface area (Å²) in [5.74, 6) is -1.49. The lowest BCUT2D eigenvalue weighted by Gasteiger charge is -2.56. The molecular formula is C26H36N2O6. The molecule has 8 nitrogen and oxygen atoms in total. The first-order valence-electron chi connectivity index (χ1n) is 11.7. The maximum absolute atomic E-state index is 13.1. The van der Waals surface area contributed by atoms with Gasteiger partial charge < -0.3 is 29.5 Å². The van der Waals surface area contributed by atoms with Gasteiger partial charge in [0.1, 0.15) is 0 Å². The minimum absolute atomic E-state index is 0.111. The first-order chi connectivity index (χ1) is 16.3. The van der Waals surface area contributed by atoms with E-state index < -0.39 is 23.1 Å². The molecule has 186 valence electrons. The second-order valence-corrected chi connectivity index (χ2v) is 9.12. The highest BCUT2D eigenvalue weighted by atomic mass is 16.5. The Labute approximate surface area is 201 Å². The van der Waals surface area contributed by atoms with Crippen molar-refractivity contribution in [3.63, 3.8) is 0 Å². The normalized spacial score (nSPS) is 27.7. The highest BCUT2D eigenvalue weighted by molar-refractivity contribution is 5.86. The third-order valence-corrected chi connectivity index (χ3v) is 7.44. The number of anilines is 1. The summed E-state index contributed by atoms with van der Waals surface area (Å²) < 4.78 is 9.81. The zero-order valence-corrected chi connectivity index (χ0v) is 20.3. The zero-order valence-electron chi connectivity index (χ0n) is 20.3. The summed E-state index contributed by atoms with van der Waals surface area (Å²) in [7, 11) is 2.62. The van der Waals surface area contributed by atoms with Crippen LogP contribution in [0.3, 0.4) is 0 Å². The van der Waals surface area contributed by atoms with Crippen molar-refractivity contribution >= 4 is 17.6 Å². The molecular weight excluding hydrogens is 436 g/mol. The van der Waals surface area contributed by atoms with E-state index in [2.05, 4.69) is 11.5 Å². The molecule has 1 aromatic carbocycles. The van der Waals surface area contributed by atoms with Gasteiger partial charge in [-0.3, -0.25) is 0 Å². The molecule has 0 radical (unpaired) electrons. The summed E-state index contributed by atoms with van der Waals surface area (Å²) in [6.07, 6.45) is 5.92. The maximum Gasteiger partial charge on any atom is 0.359 e. The number of aliphatic hydroxyl groups excluding tert-OH is 1. The number of aliphatic hydroxyl groups is 2. The van der Waals surface area contributed by atoms with Crippen LogP contribution in [-0.2, 0) is 25.5 Å². The summed E-state index contributed by atoms with van der Waals surface area (Å²) in [5.41, 5.74) is -0.423. The summed E-state index contributed by atoms with van der Waals surface area (Å²) >= 11 is 0. The Morgan fingerprint density at radius 2 is 1.97 bits per heavy atom. The number of methoxy groups -OCH3 is 2. The largest absolute Gasteiger partial charge is 0.466 e. The predicted molar refractivity (Wildman–Crippen MR) is 129 cm³/mol. The van der Waals surface area contributed by atoms with Crippen molar-refractivity contribution in [3.05, 3.63) is 54.4 Å². The van der Waals surface area contributed by atoms with E-state index in [-0.39, 0.29) is 18.9 Å². The number of para-hydroxylation sites is 1. The molecule has 3 heterocycles. The summed E-state index contributed by atoms with van der Waals surface area (Å²) in [6, 6.07) is 7.55. The zero-order chi connectivity index (χ0) is 24.9. The Kier molecular flexibility index (Phi) is 8.05. The summed E-state index contributed by atoms with van der Waals surface area (Å²) in [6.45, 7) is 7.45. The van der Waals surface area contributed by atoms with Gasteiger partial charge in [0, 0.05) is 49.1 Å². The van der Waals surface area contributed by atoms with E-state index in [1.54, 1.807) is 11.1 Å². The Hall–Kier alpha value is -2.84. The van der Waals surface area contributed by atoms with Crippen molar-refractivity contribution in [2.45, 2.75) is 44.8 Å². The van der Waals surface area contributed by atoms with E-state index in [0.717, 1.165) is 12.0 Å². The standard InChI is InChI=1S/C26H36N2O6/c1-5-25-13-8-14-27(16-12-23(30)33-3)15-11-20-9-6-7-10-22(20)28(19(2)21(25)17-29)26(32,18-25)24(31)34-4/h6-7,9-10,12,16,21,29,32H,2,5,8,11,13-15,17-18H2,1,3-4H3/b16-12+.